The summed E-state index contributed by atoms with van der Waals surface area (Å²) in [4.78, 5) is 24.4. The fourth-order valence-electron chi connectivity index (χ4n) is 4.25. The lowest BCUT2D eigenvalue weighted by Crippen LogP contribution is -2.55. The third kappa shape index (κ3) is 20.2. The van der Waals surface area contributed by atoms with Gasteiger partial charge in [-0.1, -0.05) is 78.1 Å². The van der Waals surface area contributed by atoms with Crippen LogP contribution in [0.4, 0.5) is 0 Å². The highest BCUT2D eigenvalue weighted by Crippen LogP contribution is 2.09. The molecule has 0 amide bonds. The second kappa shape index (κ2) is 19.1. The summed E-state index contributed by atoms with van der Waals surface area (Å²) in [7, 11) is 7.68. The van der Waals surface area contributed by atoms with E-state index in [4.69, 9.17) is 9.47 Å². The van der Waals surface area contributed by atoms with Crippen LogP contribution in [0.2, 0.25) is 0 Å². The quantitative estimate of drug-likeness (QED) is 0.140. The lowest BCUT2D eigenvalue weighted by Gasteiger charge is -2.35. The van der Waals surface area contributed by atoms with Crippen molar-refractivity contribution in [2.75, 3.05) is 67.6 Å². The summed E-state index contributed by atoms with van der Waals surface area (Å²) in [6.45, 7) is 6.62. The molecule has 0 aliphatic carbocycles. The Kier molecular flexibility index (Phi) is 18.4. The fraction of sp³-hybridized carbons (Fsp3) is 0.926. The highest BCUT2D eigenvalue weighted by Gasteiger charge is 2.31. The smallest absolute Gasteiger partial charge is 0.361 e. The van der Waals surface area contributed by atoms with Crippen molar-refractivity contribution in [2.24, 2.45) is 0 Å². The molecule has 0 bridgehead atoms. The summed E-state index contributed by atoms with van der Waals surface area (Å²) in [6, 6.07) is 0. The Morgan fingerprint density at radius 3 is 1.29 bits per heavy atom. The van der Waals surface area contributed by atoms with E-state index < -0.39 is 6.10 Å². The van der Waals surface area contributed by atoms with Gasteiger partial charge in [-0.3, -0.25) is 0 Å². The zero-order valence-corrected chi connectivity index (χ0v) is 23.3. The van der Waals surface area contributed by atoms with Gasteiger partial charge in [0.05, 0.1) is 41.4 Å². The van der Waals surface area contributed by atoms with Gasteiger partial charge in [0.2, 0.25) is 0 Å². The molecule has 0 aromatic rings. The third-order valence-corrected chi connectivity index (χ3v) is 6.05. The number of ether oxygens (including phenoxy) is 2. The first kappa shape index (κ1) is 32.8. The molecule has 0 atom stereocenters. The zero-order chi connectivity index (χ0) is 25.9. The molecular formula is C27H56N2O5+2. The summed E-state index contributed by atoms with van der Waals surface area (Å²) in [5, 5.41) is 10.6. The van der Waals surface area contributed by atoms with Gasteiger partial charge in [-0.25, -0.2) is 9.59 Å². The summed E-state index contributed by atoms with van der Waals surface area (Å²) in [6.07, 6.45) is 13.3. The first-order valence-corrected chi connectivity index (χ1v) is 13.6. The minimum atomic E-state index is -0.636. The molecule has 0 aromatic heterocycles. The van der Waals surface area contributed by atoms with E-state index in [0.717, 1.165) is 25.7 Å². The van der Waals surface area contributed by atoms with E-state index in [1.54, 1.807) is 0 Å². The molecule has 0 fully saturated rings. The van der Waals surface area contributed by atoms with Gasteiger partial charge in [0.15, 0.2) is 19.2 Å². The number of nitrogens with zero attached hydrogens (tertiary/aromatic N) is 2. The van der Waals surface area contributed by atoms with E-state index in [0.29, 0.717) is 35.3 Å². The zero-order valence-electron chi connectivity index (χ0n) is 23.3. The monoisotopic (exact) mass is 488 g/mol. The lowest BCUT2D eigenvalue weighted by atomic mass is 10.1. The van der Waals surface area contributed by atoms with E-state index in [2.05, 4.69) is 13.8 Å². The average molecular weight is 489 g/mol. The van der Waals surface area contributed by atoms with Crippen molar-refractivity contribution in [3.05, 3.63) is 0 Å². The molecule has 0 saturated heterocycles. The largest absolute Gasteiger partial charge is 0.462 e. The molecule has 7 nitrogen and oxygen atoms in total. The minimum absolute atomic E-state index is 0.223. The number of esters is 2. The normalized spacial score (nSPS) is 12.2. The van der Waals surface area contributed by atoms with E-state index >= 15 is 0 Å². The average Bonchev–Trinajstić information content (AvgIpc) is 2.70. The van der Waals surface area contributed by atoms with Crippen LogP contribution in [-0.2, 0) is 19.1 Å². The van der Waals surface area contributed by atoms with E-state index in [1.807, 2.05) is 28.2 Å². The first-order valence-electron chi connectivity index (χ1n) is 13.6. The summed E-state index contributed by atoms with van der Waals surface area (Å²) < 4.78 is 11.5. The highest BCUT2D eigenvalue weighted by atomic mass is 16.5. The summed E-state index contributed by atoms with van der Waals surface area (Å²) in [5.41, 5.74) is 0. The number of rotatable bonds is 22. The van der Waals surface area contributed by atoms with Crippen molar-refractivity contribution in [1.29, 1.82) is 0 Å². The van der Waals surface area contributed by atoms with Crippen LogP contribution in [-0.4, -0.2) is 99.7 Å². The number of carbonyl (C=O) groups excluding carboxylic acids is 2. The van der Waals surface area contributed by atoms with E-state index in [-0.39, 0.29) is 25.0 Å². The second-order valence-electron chi connectivity index (χ2n) is 11.2. The van der Waals surface area contributed by atoms with Crippen LogP contribution in [0.25, 0.3) is 0 Å². The Morgan fingerprint density at radius 2 is 0.941 bits per heavy atom. The van der Waals surface area contributed by atoms with Gasteiger partial charge >= 0.3 is 11.9 Å². The van der Waals surface area contributed by atoms with E-state index in [1.165, 1.54) is 51.4 Å². The Labute approximate surface area is 210 Å². The van der Waals surface area contributed by atoms with Gasteiger partial charge < -0.3 is 23.5 Å². The van der Waals surface area contributed by atoms with Crippen molar-refractivity contribution < 1.29 is 33.1 Å². The van der Waals surface area contributed by atoms with Gasteiger partial charge in [0.1, 0.15) is 13.1 Å². The number of likely N-dealkylation sites (N-methyl/N-ethyl adjacent to an activating group) is 2. The molecule has 0 radical (unpaired) electrons. The number of unbranched alkanes of at least 4 members (excludes halogenated alkanes) is 10. The van der Waals surface area contributed by atoms with Crippen molar-refractivity contribution in [1.82, 2.24) is 0 Å². The lowest BCUT2D eigenvalue weighted by molar-refractivity contribution is -0.907. The standard InChI is InChI=1S/C27H56N2O5/c1-7-9-11-13-15-17-19-33-26(31)23-28(3,4)21-25(30)22-29(5,6)24-27(32)34-20-18-16-14-12-10-8-2/h25,30H,7-24H2,1-6H3/q+2. The highest BCUT2D eigenvalue weighted by molar-refractivity contribution is 5.70. The van der Waals surface area contributed by atoms with Crippen LogP contribution in [0, 0.1) is 0 Å². The van der Waals surface area contributed by atoms with Crippen molar-refractivity contribution in [3.63, 3.8) is 0 Å². The number of hydrogen-bond donors (Lipinski definition) is 1. The van der Waals surface area contributed by atoms with Crippen LogP contribution in [0.1, 0.15) is 90.9 Å². The van der Waals surface area contributed by atoms with Crippen LogP contribution in [0.15, 0.2) is 0 Å². The molecule has 0 aliphatic heterocycles. The third-order valence-electron chi connectivity index (χ3n) is 6.05. The Hall–Kier alpha value is -1.18. The van der Waals surface area contributed by atoms with Gasteiger partial charge in [0.25, 0.3) is 0 Å². The molecule has 1 N–H and O–H groups in total. The van der Waals surface area contributed by atoms with Crippen LogP contribution < -0.4 is 0 Å². The molecule has 0 unspecified atom stereocenters. The molecule has 7 heteroatoms. The molecule has 0 saturated carbocycles. The van der Waals surface area contributed by atoms with Crippen molar-refractivity contribution in [3.8, 4) is 0 Å². The molecule has 0 spiro atoms. The van der Waals surface area contributed by atoms with Gasteiger partial charge in [0, 0.05) is 0 Å². The van der Waals surface area contributed by atoms with Crippen molar-refractivity contribution >= 4 is 11.9 Å². The maximum Gasteiger partial charge on any atom is 0.361 e. The Morgan fingerprint density at radius 1 is 0.618 bits per heavy atom. The molecule has 0 aromatic carbocycles. The van der Waals surface area contributed by atoms with Gasteiger partial charge in [-0.05, 0) is 12.8 Å². The maximum absolute atomic E-state index is 12.2. The SMILES string of the molecule is CCCCCCCCOC(=O)C[N+](C)(C)CC(O)C[N+](C)(C)CC(=O)OCCCCCCCC. The molecule has 202 valence electrons. The number of quaternary nitrogens is 2. The molecule has 0 rings (SSSR count). The predicted molar refractivity (Wildman–Crippen MR) is 138 cm³/mol. The number of hydrogen-bond acceptors (Lipinski definition) is 5. The van der Waals surface area contributed by atoms with Crippen LogP contribution >= 0.6 is 0 Å². The van der Waals surface area contributed by atoms with Crippen LogP contribution in [0.3, 0.4) is 0 Å². The topological polar surface area (TPSA) is 72.8 Å². The second-order valence-corrected chi connectivity index (χ2v) is 11.2. The molecule has 0 heterocycles. The Bertz CT molecular complexity index is 491. The van der Waals surface area contributed by atoms with Crippen LogP contribution in [0.5, 0.6) is 0 Å². The van der Waals surface area contributed by atoms with Crippen molar-refractivity contribution in [2.45, 2.75) is 97.0 Å². The summed E-state index contributed by atoms with van der Waals surface area (Å²) >= 11 is 0. The number of aliphatic hydroxyl groups is 1. The first-order chi connectivity index (χ1) is 16.0. The molecule has 0 aliphatic rings. The number of carbonyl (C=O) groups is 2. The molecular weight excluding hydrogens is 432 g/mol. The van der Waals surface area contributed by atoms with E-state index in [9.17, 15) is 14.7 Å². The van der Waals surface area contributed by atoms with Gasteiger partial charge in [-0.2, -0.15) is 0 Å². The molecule has 34 heavy (non-hydrogen) atoms. The predicted octanol–water partition coefficient (Wildman–Crippen LogP) is 4.31. The summed E-state index contributed by atoms with van der Waals surface area (Å²) in [5.74, 6) is -0.449. The maximum atomic E-state index is 12.2. The fourth-order valence-corrected chi connectivity index (χ4v) is 4.25. The number of aliphatic hydroxyl groups excluding tert-OH is 1. The Balaban J connectivity index is 4.14. The van der Waals surface area contributed by atoms with Gasteiger partial charge in [-0.15, -0.1) is 0 Å². The minimum Gasteiger partial charge on any atom is -0.462 e.